The fourth-order valence-electron chi connectivity index (χ4n) is 1.73. The normalized spacial score (nSPS) is 17.1. The van der Waals surface area contributed by atoms with Crippen molar-refractivity contribution in [3.05, 3.63) is 36.3 Å². The number of nitrogens with zero attached hydrogens (tertiary/aromatic N) is 4. The quantitative estimate of drug-likeness (QED) is 0.818. The third kappa shape index (κ3) is 2.25. The highest BCUT2D eigenvalue weighted by molar-refractivity contribution is 8.15. The zero-order valence-corrected chi connectivity index (χ0v) is 11.4. The van der Waals surface area contributed by atoms with Crippen LogP contribution in [0.1, 0.15) is 10.5 Å². The van der Waals surface area contributed by atoms with Crippen molar-refractivity contribution in [1.29, 1.82) is 0 Å². The summed E-state index contributed by atoms with van der Waals surface area (Å²) in [5.41, 5.74) is 3.37. The monoisotopic (exact) mass is 289 g/mol. The van der Waals surface area contributed by atoms with Crippen LogP contribution in [-0.4, -0.2) is 44.1 Å². The fraction of sp³-hybridized carbons (Fsp3) is 0.167. The van der Waals surface area contributed by atoms with Crippen LogP contribution in [0.5, 0.6) is 0 Å². The summed E-state index contributed by atoms with van der Waals surface area (Å²) in [7, 11) is 1.62. The van der Waals surface area contributed by atoms with Crippen molar-refractivity contribution in [3.8, 4) is 0 Å². The third-order valence-corrected chi connectivity index (χ3v) is 3.85. The molecule has 0 aromatic carbocycles. The Kier molecular flexibility index (Phi) is 3.15. The first-order valence-corrected chi connectivity index (χ1v) is 6.85. The van der Waals surface area contributed by atoms with Crippen LogP contribution >= 0.6 is 11.8 Å². The highest BCUT2D eigenvalue weighted by atomic mass is 32.2. The number of nitrogens with one attached hydrogen (secondary N) is 1. The van der Waals surface area contributed by atoms with Crippen LogP contribution in [0.15, 0.2) is 35.7 Å². The van der Waals surface area contributed by atoms with Crippen molar-refractivity contribution in [2.24, 2.45) is 5.10 Å². The summed E-state index contributed by atoms with van der Waals surface area (Å²) in [6.45, 7) is 0. The largest absolute Gasteiger partial charge is 0.306 e. The molecule has 1 saturated heterocycles. The summed E-state index contributed by atoms with van der Waals surface area (Å²) in [6.07, 6.45) is 3.44. The Hall–Kier alpha value is -2.35. The highest BCUT2D eigenvalue weighted by Gasteiger charge is 2.24. The van der Waals surface area contributed by atoms with E-state index < -0.39 is 5.91 Å². The standard InChI is InChI=1S/C12H11N5O2S/c1-16-10(18)7-20-12(16)15-14-11(19)8-6-17-5-3-2-4-9(17)13-8/h2-6H,7H2,1H3,(H,14,19)/b15-12+. The molecule has 1 N–H and O–H groups in total. The van der Waals surface area contributed by atoms with Crippen LogP contribution in [0.2, 0.25) is 0 Å². The molecule has 8 heteroatoms. The molecule has 0 radical (unpaired) electrons. The average Bonchev–Trinajstić information content (AvgIpc) is 3.02. The van der Waals surface area contributed by atoms with Crippen molar-refractivity contribution in [1.82, 2.24) is 19.7 Å². The molecule has 2 aromatic rings. The van der Waals surface area contributed by atoms with Crippen molar-refractivity contribution >= 4 is 34.4 Å². The zero-order valence-electron chi connectivity index (χ0n) is 10.6. The Morgan fingerprint density at radius 2 is 2.35 bits per heavy atom. The van der Waals surface area contributed by atoms with Gasteiger partial charge in [-0.3, -0.25) is 14.5 Å². The minimum atomic E-state index is -0.408. The van der Waals surface area contributed by atoms with Crippen LogP contribution in [0.4, 0.5) is 0 Å². The molecule has 0 spiro atoms. The highest BCUT2D eigenvalue weighted by Crippen LogP contribution is 2.16. The van der Waals surface area contributed by atoms with E-state index >= 15 is 0 Å². The summed E-state index contributed by atoms with van der Waals surface area (Å²) >= 11 is 1.29. The number of hydrogen-bond acceptors (Lipinski definition) is 5. The molecule has 0 atom stereocenters. The maximum Gasteiger partial charge on any atom is 0.291 e. The van der Waals surface area contributed by atoms with Gasteiger partial charge in [0.15, 0.2) is 5.17 Å². The van der Waals surface area contributed by atoms with Crippen molar-refractivity contribution in [3.63, 3.8) is 0 Å². The van der Waals surface area contributed by atoms with E-state index in [1.165, 1.54) is 16.7 Å². The molecule has 102 valence electrons. The molecule has 20 heavy (non-hydrogen) atoms. The molecule has 2 amide bonds. The van der Waals surface area contributed by atoms with Gasteiger partial charge >= 0.3 is 0 Å². The van der Waals surface area contributed by atoms with E-state index in [0.717, 1.165) is 0 Å². The van der Waals surface area contributed by atoms with Crippen LogP contribution in [0.3, 0.4) is 0 Å². The van der Waals surface area contributed by atoms with E-state index in [9.17, 15) is 9.59 Å². The first-order valence-electron chi connectivity index (χ1n) is 5.86. The van der Waals surface area contributed by atoms with Gasteiger partial charge in [0.2, 0.25) is 5.91 Å². The number of imidazole rings is 1. The molecule has 0 unspecified atom stereocenters. The number of rotatable bonds is 2. The number of thioether (sulfide) groups is 1. The first kappa shape index (κ1) is 12.7. The predicted octanol–water partition coefficient (Wildman–Crippen LogP) is 0.540. The Morgan fingerprint density at radius 3 is 3.05 bits per heavy atom. The maximum absolute atomic E-state index is 12.0. The Labute approximate surface area is 118 Å². The number of fused-ring (bicyclic) bond motifs is 1. The number of amides is 2. The minimum Gasteiger partial charge on any atom is -0.306 e. The van der Waals surface area contributed by atoms with Gasteiger partial charge < -0.3 is 4.40 Å². The van der Waals surface area contributed by atoms with Crippen LogP contribution < -0.4 is 5.43 Å². The Balaban J connectivity index is 1.76. The predicted molar refractivity (Wildman–Crippen MR) is 75.3 cm³/mol. The lowest BCUT2D eigenvalue weighted by atomic mass is 10.5. The summed E-state index contributed by atoms with van der Waals surface area (Å²) in [5.74, 6) is -0.0928. The summed E-state index contributed by atoms with van der Waals surface area (Å²) in [5, 5.41) is 4.42. The van der Waals surface area contributed by atoms with E-state index in [0.29, 0.717) is 16.6 Å². The lowest BCUT2D eigenvalue weighted by molar-refractivity contribution is -0.123. The summed E-state index contributed by atoms with van der Waals surface area (Å²) in [6, 6.07) is 5.51. The van der Waals surface area contributed by atoms with E-state index in [1.807, 2.05) is 24.4 Å². The van der Waals surface area contributed by atoms with Gasteiger partial charge in [-0.1, -0.05) is 17.8 Å². The van der Waals surface area contributed by atoms with Gasteiger partial charge in [-0.05, 0) is 12.1 Å². The van der Waals surface area contributed by atoms with Crippen molar-refractivity contribution in [2.75, 3.05) is 12.8 Å². The van der Waals surface area contributed by atoms with Crippen LogP contribution in [-0.2, 0) is 4.79 Å². The molecule has 1 fully saturated rings. The molecule has 7 nitrogen and oxygen atoms in total. The number of carbonyl (C=O) groups excluding carboxylic acids is 2. The number of carbonyl (C=O) groups is 2. The van der Waals surface area contributed by atoms with E-state index in [1.54, 1.807) is 17.6 Å². The number of hydrogen-bond donors (Lipinski definition) is 1. The minimum absolute atomic E-state index is 0.0317. The van der Waals surface area contributed by atoms with Gasteiger partial charge in [0, 0.05) is 19.4 Å². The van der Waals surface area contributed by atoms with E-state index in [-0.39, 0.29) is 11.6 Å². The lowest BCUT2D eigenvalue weighted by Gasteiger charge is -2.07. The Morgan fingerprint density at radius 1 is 1.50 bits per heavy atom. The molecule has 2 aromatic heterocycles. The van der Waals surface area contributed by atoms with E-state index in [4.69, 9.17) is 0 Å². The maximum atomic E-state index is 12.0. The number of pyridine rings is 1. The van der Waals surface area contributed by atoms with Gasteiger partial charge in [0.25, 0.3) is 5.91 Å². The molecule has 0 saturated carbocycles. The zero-order chi connectivity index (χ0) is 14.1. The van der Waals surface area contributed by atoms with Crippen molar-refractivity contribution < 1.29 is 9.59 Å². The molecule has 1 aliphatic heterocycles. The van der Waals surface area contributed by atoms with Gasteiger partial charge in [-0.15, -0.1) is 5.10 Å². The molecule has 0 aliphatic carbocycles. The smallest absolute Gasteiger partial charge is 0.291 e. The molecule has 0 bridgehead atoms. The molecular formula is C12H11N5O2S. The van der Waals surface area contributed by atoms with Gasteiger partial charge in [0.05, 0.1) is 5.75 Å². The Bertz CT molecular complexity index is 690. The van der Waals surface area contributed by atoms with Gasteiger partial charge in [0.1, 0.15) is 11.3 Å². The van der Waals surface area contributed by atoms with Gasteiger partial charge in [-0.2, -0.15) is 0 Å². The van der Waals surface area contributed by atoms with Crippen LogP contribution in [0.25, 0.3) is 5.65 Å². The molecule has 3 heterocycles. The number of aromatic nitrogens is 2. The average molecular weight is 289 g/mol. The topological polar surface area (TPSA) is 79.1 Å². The number of amidine groups is 1. The fourth-order valence-corrected chi connectivity index (χ4v) is 2.59. The molecule has 3 rings (SSSR count). The van der Waals surface area contributed by atoms with Gasteiger partial charge in [-0.25, -0.2) is 10.4 Å². The second-order valence-electron chi connectivity index (χ2n) is 4.17. The molecule has 1 aliphatic rings. The third-order valence-electron chi connectivity index (χ3n) is 2.84. The van der Waals surface area contributed by atoms with Crippen molar-refractivity contribution in [2.45, 2.75) is 0 Å². The lowest BCUT2D eigenvalue weighted by Crippen LogP contribution is -2.27. The summed E-state index contributed by atoms with van der Waals surface area (Å²) in [4.78, 5) is 28.9. The van der Waals surface area contributed by atoms with Crippen LogP contribution in [0, 0.1) is 0 Å². The van der Waals surface area contributed by atoms with E-state index in [2.05, 4.69) is 15.5 Å². The number of hydrazone groups is 1. The second-order valence-corrected chi connectivity index (χ2v) is 5.11. The second kappa shape index (κ2) is 4.97. The molecular weight excluding hydrogens is 278 g/mol. The first-order chi connectivity index (χ1) is 9.65. The SMILES string of the molecule is CN1C(=O)CS/C1=N/NC(=O)c1cn2ccccc2n1. The summed E-state index contributed by atoms with van der Waals surface area (Å²) < 4.78 is 1.75.